The SMILES string of the molecule is Cc1nn(-c2ccc(S(=O)(=O)c3ccc(C(C)C)cc3)cc2)c2c1C(c1ccccn1)N1C(=N2)C(=O)Nc2ccccc21. The minimum absolute atomic E-state index is 0.179. The van der Waals surface area contributed by atoms with Crippen molar-refractivity contribution in [2.75, 3.05) is 10.2 Å². The van der Waals surface area contributed by atoms with Gasteiger partial charge in [-0.15, -0.1) is 0 Å². The number of nitrogens with one attached hydrogen (secondary N) is 1. The molecule has 43 heavy (non-hydrogen) atoms. The van der Waals surface area contributed by atoms with Crippen molar-refractivity contribution >= 4 is 38.8 Å². The van der Waals surface area contributed by atoms with E-state index in [4.69, 9.17) is 10.1 Å². The van der Waals surface area contributed by atoms with E-state index in [1.165, 1.54) is 0 Å². The van der Waals surface area contributed by atoms with Gasteiger partial charge in [-0.25, -0.2) is 18.1 Å². The summed E-state index contributed by atoms with van der Waals surface area (Å²) in [5, 5.41) is 7.78. The lowest BCUT2D eigenvalue weighted by Gasteiger charge is -2.39. The average molecular weight is 589 g/mol. The molecule has 5 aromatic rings. The third kappa shape index (κ3) is 4.33. The molecule has 0 spiro atoms. The first-order valence-corrected chi connectivity index (χ1v) is 15.5. The quantitative estimate of drug-likeness (QED) is 0.265. The number of fused-ring (bicyclic) bond motifs is 4. The summed E-state index contributed by atoms with van der Waals surface area (Å²) in [5.74, 6) is 0.698. The van der Waals surface area contributed by atoms with Crippen LogP contribution in [0.4, 0.5) is 17.2 Å². The van der Waals surface area contributed by atoms with Gasteiger partial charge in [0.2, 0.25) is 15.7 Å². The third-order valence-corrected chi connectivity index (χ3v) is 9.67. The van der Waals surface area contributed by atoms with Crippen LogP contribution >= 0.6 is 0 Å². The summed E-state index contributed by atoms with van der Waals surface area (Å²) >= 11 is 0. The van der Waals surface area contributed by atoms with Crippen molar-refractivity contribution in [2.45, 2.75) is 42.5 Å². The molecule has 214 valence electrons. The Morgan fingerprint density at radius 1 is 0.860 bits per heavy atom. The number of amides is 1. The van der Waals surface area contributed by atoms with Crippen LogP contribution in [0.3, 0.4) is 0 Å². The van der Waals surface area contributed by atoms with E-state index in [1.54, 1.807) is 47.3 Å². The molecule has 2 aliphatic heterocycles. The number of carbonyl (C=O) groups excluding carboxylic acids is 1. The molecular weight excluding hydrogens is 560 g/mol. The van der Waals surface area contributed by atoms with Gasteiger partial charge in [0, 0.05) is 11.8 Å². The predicted molar refractivity (Wildman–Crippen MR) is 165 cm³/mol. The first-order chi connectivity index (χ1) is 20.7. The normalized spacial score (nSPS) is 15.8. The third-order valence-electron chi connectivity index (χ3n) is 7.88. The van der Waals surface area contributed by atoms with Crippen LogP contribution in [0.5, 0.6) is 0 Å². The molecule has 0 saturated heterocycles. The minimum Gasteiger partial charge on any atom is -0.317 e. The first-order valence-electron chi connectivity index (χ1n) is 14.0. The monoisotopic (exact) mass is 588 g/mol. The number of hydrogen-bond acceptors (Lipinski definition) is 7. The number of pyridine rings is 1. The highest BCUT2D eigenvalue weighted by atomic mass is 32.2. The Hall–Kier alpha value is -5.09. The number of amidine groups is 1. The topological polar surface area (TPSA) is 110 Å². The van der Waals surface area contributed by atoms with Crippen molar-refractivity contribution in [2.24, 2.45) is 4.99 Å². The molecule has 1 amide bonds. The van der Waals surface area contributed by atoms with Crippen molar-refractivity contribution in [3.63, 3.8) is 0 Å². The Morgan fingerprint density at radius 3 is 2.21 bits per heavy atom. The summed E-state index contributed by atoms with van der Waals surface area (Å²) in [6, 6.07) is 26.4. The van der Waals surface area contributed by atoms with E-state index in [1.807, 2.05) is 66.4 Å². The van der Waals surface area contributed by atoms with Gasteiger partial charge in [-0.05, 0) is 79.1 Å². The molecule has 2 aromatic heterocycles. The van der Waals surface area contributed by atoms with Crippen molar-refractivity contribution in [1.29, 1.82) is 0 Å². The molecule has 7 rings (SSSR count). The lowest BCUT2D eigenvalue weighted by Crippen LogP contribution is -2.48. The highest BCUT2D eigenvalue weighted by Crippen LogP contribution is 2.47. The Morgan fingerprint density at radius 2 is 1.53 bits per heavy atom. The first kappa shape index (κ1) is 26.8. The zero-order chi connectivity index (χ0) is 29.9. The van der Waals surface area contributed by atoms with Crippen LogP contribution in [0, 0.1) is 6.92 Å². The van der Waals surface area contributed by atoms with Crippen LogP contribution in [0.1, 0.15) is 48.3 Å². The van der Waals surface area contributed by atoms with E-state index in [0.717, 1.165) is 28.2 Å². The second-order valence-electron chi connectivity index (χ2n) is 10.9. The molecule has 0 fully saturated rings. The maximum atomic E-state index is 13.4. The predicted octanol–water partition coefficient (Wildman–Crippen LogP) is 6.12. The fourth-order valence-electron chi connectivity index (χ4n) is 5.67. The number of nitrogens with zero attached hydrogens (tertiary/aromatic N) is 5. The Balaban J connectivity index is 1.34. The molecular formula is C33H28N6O3S. The van der Waals surface area contributed by atoms with Gasteiger partial charge in [0.1, 0.15) is 6.04 Å². The van der Waals surface area contributed by atoms with E-state index in [-0.39, 0.29) is 21.5 Å². The van der Waals surface area contributed by atoms with E-state index < -0.39 is 15.9 Å². The number of anilines is 2. The van der Waals surface area contributed by atoms with Gasteiger partial charge in [-0.2, -0.15) is 5.10 Å². The summed E-state index contributed by atoms with van der Waals surface area (Å²) in [6.07, 6.45) is 1.73. The highest BCUT2D eigenvalue weighted by molar-refractivity contribution is 7.91. The number of carbonyl (C=O) groups is 1. The Labute approximate surface area is 249 Å². The van der Waals surface area contributed by atoms with Crippen molar-refractivity contribution in [3.05, 3.63) is 120 Å². The zero-order valence-electron chi connectivity index (χ0n) is 23.8. The summed E-state index contributed by atoms with van der Waals surface area (Å²) < 4.78 is 28.4. The Kier molecular flexibility index (Phi) is 6.24. The molecule has 9 nitrogen and oxygen atoms in total. The Bertz CT molecular complexity index is 2020. The lowest BCUT2D eigenvalue weighted by atomic mass is 9.96. The standard InChI is InChI=1S/C33H28N6O3S/c1-20(2)22-11-15-24(16-12-22)43(41,42)25-17-13-23(14-18-25)39-31-29(21(3)37-39)30(27-9-6-7-19-34-27)38-28-10-5-4-8-26(28)35-33(40)32(38)36-31/h4-20,30H,1-3H3,(H,35,40). The summed E-state index contributed by atoms with van der Waals surface area (Å²) in [7, 11) is -3.71. The van der Waals surface area contributed by atoms with Gasteiger partial charge in [0.25, 0.3) is 5.91 Å². The van der Waals surface area contributed by atoms with Crippen LogP contribution in [0.2, 0.25) is 0 Å². The largest absolute Gasteiger partial charge is 0.317 e. The number of benzene rings is 3. The van der Waals surface area contributed by atoms with E-state index in [2.05, 4.69) is 24.1 Å². The van der Waals surface area contributed by atoms with Crippen molar-refractivity contribution in [1.82, 2.24) is 14.8 Å². The molecule has 0 radical (unpaired) electrons. The fourth-order valence-corrected chi connectivity index (χ4v) is 6.93. The second kappa shape index (κ2) is 10.0. The van der Waals surface area contributed by atoms with Crippen LogP contribution < -0.4 is 10.2 Å². The van der Waals surface area contributed by atoms with Gasteiger partial charge in [0.15, 0.2) is 5.82 Å². The van der Waals surface area contributed by atoms with E-state index in [0.29, 0.717) is 23.1 Å². The molecule has 0 aliphatic carbocycles. The summed E-state index contributed by atoms with van der Waals surface area (Å²) in [6.45, 7) is 6.04. The molecule has 1 atom stereocenters. The van der Waals surface area contributed by atoms with Crippen LogP contribution in [0.25, 0.3) is 5.69 Å². The molecule has 1 N–H and O–H groups in total. The van der Waals surface area contributed by atoms with Gasteiger partial charge >= 0.3 is 0 Å². The highest BCUT2D eigenvalue weighted by Gasteiger charge is 2.43. The van der Waals surface area contributed by atoms with Crippen LogP contribution in [-0.4, -0.2) is 34.9 Å². The molecule has 4 heterocycles. The number of aryl methyl sites for hydroxylation is 1. The van der Waals surface area contributed by atoms with Crippen LogP contribution in [-0.2, 0) is 14.6 Å². The number of para-hydroxylation sites is 2. The smallest absolute Gasteiger partial charge is 0.291 e. The average Bonchev–Trinajstić information content (AvgIpc) is 3.36. The number of sulfone groups is 1. The number of aliphatic imine (C=N–C) groups is 1. The molecule has 2 aliphatic rings. The van der Waals surface area contributed by atoms with Gasteiger partial charge in [-0.3, -0.25) is 9.78 Å². The van der Waals surface area contributed by atoms with E-state index in [9.17, 15) is 13.2 Å². The zero-order valence-corrected chi connectivity index (χ0v) is 24.6. The maximum absolute atomic E-state index is 13.4. The molecule has 1 unspecified atom stereocenters. The minimum atomic E-state index is -3.71. The van der Waals surface area contributed by atoms with Crippen molar-refractivity contribution in [3.8, 4) is 5.69 Å². The summed E-state index contributed by atoms with van der Waals surface area (Å²) in [4.78, 5) is 25.2. The fraction of sp³-hybridized carbons (Fsp3) is 0.152. The molecule has 0 saturated carbocycles. The molecule has 10 heteroatoms. The number of aromatic nitrogens is 3. The van der Waals surface area contributed by atoms with E-state index >= 15 is 0 Å². The molecule has 0 bridgehead atoms. The van der Waals surface area contributed by atoms with Gasteiger partial charge in [0.05, 0.1) is 38.2 Å². The van der Waals surface area contributed by atoms with Crippen LogP contribution in [0.15, 0.2) is 112 Å². The van der Waals surface area contributed by atoms with Gasteiger partial charge < -0.3 is 10.2 Å². The van der Waals surface area contributed by atoms with Gasteiger partial charge in [-0.1, -0.05) is 44.2 Å². The number of hydrogen-bond donors (Lipinski definition) is 1. The maximum Gasteiger partial charge on any atom is 0.291 e. The summed E-state index contributed by atoms with van der Waals surface area (Å²) in [5.41, 5.74) is 5.47. The number of rotatable bonds is 5. The second-order valence-corrected chi connectivity index (χ2v) is 12.8. The lowest BCUT2D eigenvalue weighted by molar-refractivity contribution is -0.110. The molecule has 3 aromatic carbocycles. The van der Waals surface area contributed by atoms with Crippen molar-refractivity contribution < 1.29 is 13.2 Å².